The van der Waals surface area contributed by atoms with Gasteiger partial charge in [-0.05, 0) is 12.8 Å². The average Bonchev–Trinajstić information content (AvgIpc) is 3.34. The van der Waals surface area contributed by atoms with E-state index >= 15 is 0 Å². The summed E-state index contributed by atoms with van der Waals surface area (Å²) in [6.45, 7) is 2.64. The first kappa shape index (κ1) is 20.3. The molecule has 1 aromatic rings. The quantitative estimate of drug-likeness (QED) is 0.773. The van der Waals surface area contributed by atoms with Gasteiger partial charge in [0.1, 0.15) is 6.17 Å². The van der Waals surface area contributed by atoms with Gasteiger partial charge >= 0.3 is 6.18 Å². The molecule has 166 valence electrons. The van der Waals surface area contributed by atoms with Gasteiger partial charge in [0.05, 0.1) is 17.3 Å². The highest BCUT2D eigenvalue weighted by atomic mass is 19.4. The molecule has 9 heteroatoms. The van der Waals surface area contributed by atoms with E-state index in [0.717, 1.165) is 55.1 Å². The van der Waals surface area contributed by atoms with Crippen LogP contribution in [0.15, 0.2) is 22.8 Å². The maximum absolute atomic E-state index is 13.3. The number of hydrogen-bond donors (Lipinski definition) is 1. The van der Waals surface area contributed by atoms with Crippen molar-refractivity contribution in [1.29, 1.82) is 0 Å². The van der Waals surface area contributed by atoms with Crippen LogP contribution < -0.4 is 5.32 Å². The number of carbonyl (C=O) groups is 1. The van der Waals surface area contributed by atoms with Crippen LogP contribution in [0.5, 0.6) is 0 Å². The summed E-state index contributed by atoms with van der Waals surface area (Å²) >= 11 is 0. The number of aliphatic imine (C=N–C) groups is 1. The van der Waals surface area contributed by atoms with Crippen LogP contribution in [0, 0.1) is 5.92 Å². The van der Waals surface area contributed by atoms with Gasteiger partial charge in [-0.1, -0.05) is 25.3 Å². The third kappa shape index (κ3) is 3.57. The summed E-state index contributed by atoms with van der Waals surface area (Å²) in [6.07, 6.45) is 5.42. The van der Waals surface area contributed by atoms with Crippen molar-refractivity contribution in [3.8, 4) is 0 Å². The lowest BCUT2D eigenvalue weighted by Crippen LogP contribution is -2.35. The number of nitrogens with zero attached hydrogens (tertiary/aromatic N) is 4. The summed E-state index contributed by atoms with van der Waals surface area (Å²) in [5, 5.41) is 8.08. The number of allylic oxidation sites excluding steroid dienone is 1. The fourth-order valence-corrected chi connectivity index (χ4v) is 5.23. The largest absolute Gasteiger partial charge is 0.417 e. The maximum atomic E-state index is 13.3. The normalized spacial score (nSPS) is 26.1. The highest BCUT2D eigenvalue weighted by Crippen LogP contribution is 2.41. The molecule has 0 aromatic carbocycles. The molecule has 4 heterocycles. The molecule has 0 radical (unpaired) electrons. The monoisotopic (exact) mass is 433 g/mol. The maximum Gasteiger partial charge on any atom is 0.417 e. The zero-order valence-corrected chi connectivity index (χ0v) is 17.5. The molecule has 2 unspecified atom stereocenters. The molecular formula is C22H26F3N5O. The summed E-state index contributed by atoms with van der Waals surface area (Å²) in [7, 11) is 0. The van der Waals surface area contributed by atoms with Crippen LogP contribution in [0.25, 0.3) is 5.57 Å². The fourth-order valence-electron chi connectivity index (χ4n) is 5.23. The van der Waals surface area contributed by atoms with Crippen LogP contribution in [0.2, 0.25) is 0 Å². The van der Waals surface area contributed by atoms with Gasteiger partial charge in [-0.3, -0.25) is 14.5 Å². The summed E-state index contributed by atoms with van der Waals surface area (Å²) in [5.74, 6) is -0.534. The van der Waals surface area contributed by atoms with Crippen LogP contribution in [0.3, 0.4) is 0 Å². The highest BCUT2D eigenvalue weighted by molar-refractivity contribution is 5.84. The molecule has 0 saturated heterocycles. The predicted octanol–water partition coefficient (Wildman–Crippen LogP) is 3.75. The molecule has 1 amide bonds. The Morgan fingerprint density at radius 3 is 2.71 bits per heavy atom. The minimum atomic E-state index is -4.44. The van der Waals surface area contributed by atoms with Crippen molar-refractivity contribution in [2.24, 2.45) is 10.9 Å². The molecule has 1 fully saturated rings. The van der Waals surface area contributed by atoms with Gasteiger partial charge in [0.25, 0.3) is 0 Å². The Labute approximate surface area is 178 Å². The number of halogens is 3. The van der Waals surface area contributed by atoms with Crippen molar-refractivity contribution in [1.82, 2.24) is 20.0 Å². The number of dihydropyridines is 1. The van der Waals surface area contributed by atoms with Crippen LogP contribution in [-0.4, -0.2) is 45.7 Å². The van der Waals surface area contributed by atoms with E-state index in [1.165, 1.54) is 12.5 Å². The summed E-state index contributed by atoms with van der Waals surface area (Å²) in [4.78, 5) is 17.9. The van der Waals surface area contributed by atoms with Gasteiger partial charge in [0.2, 0.25) is 5.91 Å². The number of hydrogen-bond acceptors (Lipinski definition) is 4. The van der Waals surface area contributed by atoms with E-state index in [0.29, 0.717) is 24.8 Å². The van der Waals surface area contributed by atoms with Crippen molar-refractivity contribution in [3.63, 3.8) is 0 Å². The lowest BCUT2D eigenvalue weighted by Gasteiger charge is -2.29. The Hall–Kier alpha value is -2.58. The Morgan fingerprint density at radius 2 is 2.00 bits per heavy atom. The van der Waals surface area contributed by atoms with Crippen molar-refractivity contribution in [2.75, 3.05) is 6.54 Å². The summed E-state index contributed by atoms with van der Waals surface area (Å²) < 4.78 is 42.1. The molecule has 0 spiro atoms. The Morgan fingerprint density at radius 1 is 1.23 bits per heavy atom. The lowest BCUT2D eigenvalue weighted by molar-refractivity contribution is -0.129. The molecule has 1 aromatic heterocycles. The number of rotatable bonds is 2. The molecule has 2 atom stereocenters. The van der Waals surface area contributed by atoms with E-state index in [2.05, 4.69) is 15.0 Å². The molecule has 5 rings (SSSR count). The minimum Gasteiger partial charge on any atom is -0.369 e. The van der Waals surface area contributed by atoms with Crippen molar-refractivity contribution < 1.29 is 18.0 Å². The van der Waals surface area contributed by atoms with Crippen LogP contribution in [0.4, 0.5) is 13.2 Å². The first-order valence-electron chi connectivity index (χ1n) is 11.0. The molecule has 1 saturated carbocycles. The molecule has 3 aliphatic heterocycles. The Bertz CT molecular complexity index is 984. The van der Waals surface area contributed by atoms with Crippen molar-refractivity contribution in [3.05, 3.63) is 34.8 Å². The Balaban J connectivity index is 1.56. The van der Waals surface area contributed by atoms with E-state index in [4.69, 9.17) is 5.10 Å². The van der Waals surface area contributed by atoms with E-state index in [-0.39, 0.29) is 5.91 Å². The smallest absolute Gasteiger partial charge is 0.369 e. The lowest BCUT2D eigenvalue weighted by atomic mass is 9.89. The molecule has 6 nitrogen and oxygen atoms in total. The number of fused-ring (bicyclic) bond motifs is 2. The summed E-state index contributed by atoms with van der Waals surface area (Å²) in [5.41, 5.74) is 2.80. The highest BCUT2D eigenvalue weighted by Gasteiger charge is 2.41. The zero-order valence-electron chi connectivity index (χ0n) is 17.5. The predicted molar refractivity (Wildman–Crippen MR) is 110 cm³/mol. The van der Waals surface area contributed by atoms with Gasteiger partial charge in [0.15, 0.2) is 0 Å². The number of alkyl halides is 3. The number of nitrogens with one attached hydrogen (secondary N) is 1. The van der Waals surface area contributed by atoms with Crippen molar-refractivity contribution >= 4 is 17.7 Å². The van der Waals surface area contributed by atoms with Crippen molar-refractivity contribution in [2.45, 2.75) is 70.4 Å². The van der Waals surface area contributed by atoms with Gasteiger partial charge in [-0.15, -0.1) is 0 Å². The Kier molecular flexibility index (Phi) is 4.94. The van der Waals surface area contributed by atoms with Gasteiger partial charge in [-0.25, -0.2) is 0 Å². The topological polar surface area (TPSA) is 62.5 Å². The van der Waals surface area contributed by atoms with E-state index in [9.17, 15) is 18.0 Å². The standard InChI is InChI=1S/C22H26F3N5O/c1-13(31)29-8-7-19-18(12-29)20(28-30(19)15-5-3-2-4-6-15)17-11-27-21-16(17)9-14(10-26-21)22(23,24)25/h9-11,15-16,21,27H,2-8,12H2,1H3. The number of aromatic nitrogens is 2. The van der Waals surface area contributed by atoms with E-state index in [1.54, 1.807) is 18.0 Å². The number of carbonyl (C=O) groups excluding carboxylic acids is 1. The van der Waals surface area contributed by atoms with Crippen LogP contribution in [-0.2, 0) is 17.8 Å². The third-order valence-corrected chi connectivity index (χ3v) is 6.89. The van der Waals surface area contributed by atoms with Crippen LogP contribution >= 0.6 is 0 Å². The second-order valence-corrected chi connectivity index (χ2v) is 8.84. The minimum absolute atomic E-state index is 0.0000562. The molecule has 4 aliphatic rings. The second-order valence-electron chi connectivity index (χ2n) is 8.84. The first-order valence-corrected chi connectivity index (χ1v) is 11.0. The van der Waals surface area contributed by atoms with Gasteiger partial charge in [0, 0.05) is 61.6 Å². The zero-order chi connectivity index (χ0) is 21.8. The molecule has 1 N–H and O–H groups in total. The molecule has 1 aliphatic carbocycles. The SMILES string of the molecule is CC(=O)N1CCc2c(c(C3=CNC4N=CC(C(F)(F)F)=CC34)nn2C2CCCCC2)C1. The average molecular weight is 433 g/mol. The molecular weight excluding hydrogens is 407 g/mol. The third-order valence-electron chi connectivity index (χ3n) is 6.89. The van der Waals surface area contributed by atoms with E-state index < -0.39 is 23.8 Å². The van der Waals surface area contributed by atoms with Crippen LogP contribution in [0.1, 0.15) is 62.0 Å². The summed E-state index contributed by atoms with van der Waals surface area (Å²) in [6, 6.07) is 0.316. The molecule has 0 bridgehead atoms. The second kappa shape index (κ2) is 7.53. The van der Waals surface area contributed by atoms with E-state index in [1.807, 2.05) is 0 Å². The number of amides is 1. The first-order chi connectivity index (χ1) is 14.8. The fraction of sp³-hybridized carbons (Fsp3) is 0.591. The van der Waals surface area contributed by atoms with Gasteiger partial charge in [-0.2, -0.15) is 18.3 Å². The van der Waals surface area contributed by atoms with Gasteiger partial charge < -0.3 is 10.2 Å². The molecule has 31 heavy (non-hydrogen) atoms.